The van der Waals surface area contributed by atoms with Gasteiger partial charge in [-0.15, -0.1) is 0 Å². The van der Waals surface area contributed by atoms with E-state index in [1.165, 1.54) is 0 Å². The predicted molar refractivity (Wildman–Crippen MR) is 97.7 cm³/mol. The fourth-order valence-electron chi connectivity index (χ4n) is 2.24. The second-order valence-corrected chi connectivity index (χ2v) is 9.20. The fraction of sp³-hybridized carbons (Fsp3) is 0.833. The zero-order chi connectivity index (χ0) is 18.9. The lowest BCUT2D eigenvalue weighted by atomic mass is 9.70. The van der Waals surface area contributed by atoms with E-state index in [4.69, 9.17) is 9.39 Å². The highest BCUT2D eigenvalue weighted by molar-refractivity contribution is 6.52. The van der Waals surface area contributed by atoms with Crippen LogP contribution < -0.4 is 0 Å². The third-order valence-electron chi connectivity index (χ3n) is 4.77. The highest BCUT2D eigenvalue weighted by atomic mass is 16.6. The Balaban J connectivity index is 2.76. The molecule has 0 bridgehead atoms. The minimum atomic E-state index is -0.956. The molecule has 1 N–H and O–H groups in total. The van der Waals surface area contributed by atoms with Gasteiger partial charge in [-0.1, -0.05) is 26.8 Å². The van der Waals surface area contributed by atoms with Crippen molar-refractivity contribution in [2.24, 2.45) is 5.41 Å². The van der Waals surface area contributed by atoms with Crippen molar-refractivity contribution in [1.82, 2.24) is 4.90 Å². The van der Waals surface area contributed by atoms with Gasteiger partial charge in [0.25, 0.3) is 0 Å². The van der Waals surface area contributed by atoms with E-state index in [0.29, 0.717) is 13.0 Å². The fourth-order valence-corrected chi connectivity index (χ4v) is 2.24. The number of nitrogens with zero attached hydrogens (tertiary/aromatic N) is 1. The van der Waals surface area contributed by atoms with E-state index in [0.717, 1.165) is 5.47 Å². The van der Waals surface area contributed by atoms with Gasteiger partial charge in [-0.3, -0.25) is 0 Å². The summed E-state index contributed by atoms with van der Waals surface area (Å²) >= 11 is 0. The first-order chi connectivity index (χ1) is 10.6. The molecule has 0 saturated heterocycles. The summed E-state index contributed by atoms with van der Waals surface area (Å²) in [7, 11) is -0.956. The lowest BCUT2D eigenvalue weighted by Crippen LogP contribution is -2.48. The van der Waals surface area contributed by atoms with Gasteiger partial charge in [-0.25, -0.2) is 4.79 Å². The number of carbonyl (C=O) groups is 1. The summed E-state index contributed by atoms with van der Waals surface area (Å²) < 4.78 is 11.4. The maximum Gasteiger partial charge on any atom is 0.487 e. The summed E-state index contributed by atoms with van der Waals surface area (Å²) in [6, 6.07) is -0.0455. The van der Waals surface area contributed by atoms with Gasteiger partial charge in [0.05, 0.1) is 5.60 Å². The second-order valence-electron chi connectivity index (χ2n) is 9.20. The smallest absolute Gasteiger partial charge is 0.444 e. The van der Waals surface area contributed by atoms with Crippen LogP contribution in [-0.4, -0.2) is 46.9 Å². The van der Waals surface area contributed by atoms with Crippen molar-refractivity contribution in [2.75, 3.05) is 6.54 Å². The summed E-state index contributed by atoms with van der Waals surface area (Å²) in [5.41, 5.74) is -0.268. The van der Waals surface area contributed by atoms with Crippen molar-refractivity contribution in [3.63, 3.8) is 0 Å². The second kappa shape index (κ2) is 7.08. The Hall–Kier alpha value is -1.01. The van der Waals surface area contributed by atoms with Crippen molar-refractivity contribution in [2.45, 2.75) is 86.0 Å². The van der Waals surface area contributed by atoms with E-state index < -0.39 is 18.3 Å². The van der Waals surface area contributed by atoms with Crippen LogP contribution >= 0.6 is 0 Å². The monoisotopic (exact) mass is 339 g/mol. The first kappa shape index (κ1) is 21.0. The standard InChI is InChI=1S/C18H34BNO4/c1-13-12-14(19(22)24-18(8,9)16(2,3)4)10-11-20(13)15(21)23-17(5,6)7/h10,13,22H,11-12H2,1-9H3. The molecule has 0 radical (unpaired) electrons. The average molecular weight is 339 g/mol. The maximum atomic E-state index is 12.2. The van der Waals surface area contributed by atoms with Gasteiger partial charge in [0, 0.05) is 12.6 Å². The summed E-state index contributed by atoms with van der Waals surface area (Å²) in [6.07, 6.45) is 2.12. The Morgan fingerprint density at radius 1 is 1.21 bits per heavy atom. The molecule has 1 atom stereocenters. The van der Waals surface area contributed by atoms with E-state index in [1.807, 2.05) is 47.6 Å². The van der Waals surface area contributed by atoms with Crippen LogP contribution in [0.1, 0.15) is 68.7 Å². The van der Waals surface area contributed by atoms with Crippen LogP contribution in [0.5, 0.6) is 0 Å². The van der Waals surface area contributed by atoms with Crippen LogP contribution in [0, 0.1) is 5.41 Å². The Morgan fingerprint density at radius 3 is 2.17 bits per heavy atom. The number of rotatable bonds is 3. The molecule has 1 amide bonds. The topological polar surface area (TPSA) is 59.0 Å². The van der Waals surface area contributed by atoms with Crippen LogP contribution in [0.25, 0.3) is 0 Å². The zero-order valence-corrected chi connectivity index (χ0v) is 16.8. The summed E-state index contributed by atoms with van der Waals surface area (Å²) in [6.45, 7) is 18.2. The van der Waals surface area contributed by atoms with Crippen molar-refractivity contribution in [3.8, 4) is 0 Å². The highest BCUT2D eigenvalue weighted by Gasteiger charge is 2.40. The molecule has 0 spiro atoms. The molecular weight excluding hydrogens is 305 g/mol. The maximum absolute atomic E-state index is 12.2. The van der Waals surface area contributed by atoms with Gasteiger partial charge < -0.3 is 19.3 Å². The summed E-state index contributed by atoms with van der Waals surface area (Å²) in [5.74, 6) is 0. The first-order valence-corrected chi connectivity index (χ1v) is 8.68. The largest absolute Gasteiger partial charge is 0.487 e. The number of hydrogen-bond acceptors (Lipinski definition) is 4. The van der Waals surface area contributed by atoms with E-state index in [-0.39, 0.29) is 17.6 Å². The SMILES string of the molecule is CC1CC(B(O)OC(C)(C)C(C)(C)C)=CCN1C(=O)OC(C)(C)C. The van der Waals surface area contributed by atoms with Gasteiger partial charge in [0.1, 0.15) is 5.60 Å². The number of hydrogen-bond donors (Lipinski definition) is 1. The van der Waals surface area contributed by atoms with Crippen molar-refractivity contribution >= 4 is 13.2 Å². The molecule has 1 heterocycles. The first-order valence-electron chi connectivity index (χ1n) is 8.68. The van der Waals surface area contributed by atoms with E-state index in [9.17, 15) is 9.82 Å². The molecule has 0 aromatic carbocycles. The third-order valence-corrected chi connectivity index (χ3v) is 4.77. The molecule has 1 aliphatic heterocycles. The van der Waals surface area contributed by atoms with E-state index >= 15 is 0 Å². The highest BCUT2D eigenvalue weighted by Crippen LogP contribution is 2.34. The molecule has 6 heteroatoms. The van der Waals surface area contributed by atoms with Gasteiger partial charge in [-0.2, -0.15) is 0 Å². The summed E-state index contributed by atoms with van der Waals surface area (Å²) in [4.78, 5) is 13.9. The summed E-state index contributed by atoms with van der Waals surface area (Å²) in [5, 5.41) is 10.5. The van der Waals surface area contributed by atoms with Crippen LogP contribution in [0.3, 0.4) is 0 Å². The van der Waals surface area contributed by atoms with Crippen LogP contribution in [0.15, 0.2) is 11.5 Å². The molecule has 5 nitrogen and oxygen atoms in total. The van der Waals surface area contributed by atoms with Gasteiger partial charge in [0.2, 0.25) is 0 Å². The minimum Gasteiger partial charge on any atom is -0.444 e. The van der Waals surface area contributed by atoms with Crippen LogP contribution in [-0.2, 0) is 9.39 Å². The van der Waals surface area contributed by atoms with Crippen molar-refractivity contribution in [1.29, 1.82) is 0 Å². The molecule has 1 unspecified atom stereocenters. The Labute approximate surface area is 147 Å². The average Bonchev–Trinajstić information content (AvgIpc) is 2.34. The molecule has 0 fully saturated rings. The minimum absolute atomic E-state index is 0.0455. The molecule has 1 rings (SSSR count). The molecule has 24 heavy (non-hydrogen) atoms. The molecule has 0 saturated carbocycles. The molecule has 0 aromatic heterocycles. The number of ether oxygens (including phenoxy) is 1. The quantitative estimate of drug-likeness (QED) is 0.795. The molecule has 0 aliphatic carbocycles. The third kappa shape index (κ3) is 5.52. The zero-order valence-electron chi connectivity index (χ0n) is 16.8. The lowest BCUT2D eigenvalue weighted by Gasteiger charge is -2.41. The lowest BCUT2D eigenvalue weighted by molar-refractivity contribution is -0.0150. The van der Waals surface area contributed by atoms with E-state index in [1.54, 1.807) is 4.90 Å². The molecule has 1 aliphatic rings. The molecule has 0 aromatic rings. The van der Waals surface area contributed by atoms with E-state index in [2.05, 4.69) is 20.8 Å². The Bertz CT molecular complexity index is 488. The van der Waals surface area contributed by atoms with Gasteiger partial charge in [0.15, 0.2) is 0 Å². The molecule has 138 valence electrons. The Kier molecular flexibility index (Phi) is 6.21. The Morgan fingerprint density at radius 2 is 1.75 bits per heavy atom. The van der Waals surface area contributed by atoms with Crippen LogP contribution in [0.2, 0.25) is 0 Å². The normalized spacial score (nSPS) is 19.8. The van der Waals surface area contributed by atoms with Gasteiger partial charge >= 0.3 is 13.2 Å². The van der Waals surface area contributed by atoms with Gasteiger partial charge in [-0.05, 0) is 58.9 Å². The van der Waals surface area contributed by atoms with Crippen molar-refractivity contribution in [3.05, 3.63) is 11.5 Å². The number of amides is 1. The van der Waals surface area contributed by atoms with Crippen molar-refractivity contribution < 1.29 is 19.2 Å². The molecular formula is C18H34BNO4. The number of carbonyl (C=O) groups excluding carboxylic acids is 1. The van der Waals surface area contributed by atoms with Crippen LogP contribution in [0.4, 0.5) is 4.79 Å². The predicted octanol–water partition coefficient (Wildman–Crippen LogP) is 3.80.